The molecule has 28 heavy (non-hydrogen) atoms. The Labute approximate surface area is 169 Å². The Morgan fingerprint density at radius 1 is 1.29 bits per heavy atom. The standard InChI is InChI=1S/C19H26ClN3O5/c1-25-16-12-17(26-2)14(20)10-13(16)15-11-18(28-22-15)19(24)21-4-3-5-23-6-8-27-9-7-23/h10,12,18H,3-9,11H2,1-2H3,(H,21,24)/t18-/m1/s1. The number of nitrogens with one attached hydrogen (secondary N) is 1. The van der Waals surface area contributed by atoms with Crippen LogP contribution in [0.1, 0.15) is 18.4 Å². The van der Waals surface area contributed by atoms with Gasteiger partial charge in [-0.2, -0.15) is 0 Å². The first-order valence-electron chi connectivity index (χ1n) is 9.34. The number of ether oxygens (including phenoxy) is 3. The fraction of sp³-hybridized carbons (Fsp3) is 0.579. The van der Waals surface area contributed by atoms with Gasteiger partial charge in [0.1, 0.15) is 11.5 Å². The van der Waals surface area contributed by atoms with E-state index < -0.39 is 6.10 Å². The highest BCUT2D eigenvalue weighted by molar-refractivity contribution is 6.32. The van der Waals surface area contributed by atoms with Crippen molar-refractivity contribution in [1.82, 2.24) is 10.2 Å². The zero-order valence-corrected chi connectivity index (χ0v) is 17.0. The van der Waals surface area contributed by atoms with Gasteiger partial charge in [0, 0.05) is 37.7 Å². The quantitative estimate of drug-likeness (QED) is 0.655. The van der Waals surface area contributed by atoms with E-state index in [0.717, 1.165) is 39.3 Å². The van der Waals surface area contributed by atoms with E-state index in [-0.39, 0.29) is 5.91 Å². The molecule has 0 radical (unpaired) electrons. The topological polar surface area (TPSA) is 81.6 Å². The van der Waals surface area contributed by atoms with Crippen LogP contribution in [0.15, 0.2) is 17.3 Å². The number of oxime groups is 1. The summed E-state index contributed by atoms with van der Waals surface area (Å²) in [4.78, 5) is 20.1. The molecule has 1 saturated heterocycles. The maximum Gasteiger partial charge on any atom is 0.264 e. The summed E-state index contributed by atoms with van der Waals surface area (Å²) in [6.45, 7) is 5.00. The van der Waals surface area contributed by atoms with E-state index in [1.54, 1.807) is 19.2 Å². The van der Waals surface area contributed by atoms with Crippen LogP contribution in [0.25, 0.3) is 0 Å². The highest BCUT2D eigenvalue weighted by atomic mass is 35.5. The van der Waals surface area contributed by atoms with E-state index in [0.29, 0.717) is 40.8 Å². The number of methoxy groups -OCH3 is 2. The predicted octanol–water partition coefficient (Wildman–Crippen LogP) is 1.69. The van der Waals surface area contributed by atoms with Crippen LogP contribution in [0.3, 0.4) is 0 Å². The maximum atomic E-state index is 12.4. The van der Waals surface area contributed by atoms with Gasteiger partial charge in [-0.1, -0.05) is 16.8 Å². The van der Waals surface area contributed by atoms with Gasteiger partial charge in [0.15, 0.2) is 0 Å². The molecule has 0 spiro atoms. The van der Waals surface area contributed by atoms with Gasteiger partial charge in [-0.25, -0.2) is 0 Å². The molecule has 1 aromatic carbocycles. The van der Waals surface area contributed by atoms with Crippen molar-refractivity contribution in [3.63, 3.8) is 0 Å². The van der Waals surface area contributed by atoms with Crippen molar-refractivity contribution >= 4 is 23.2 Å². The number of morpholine rings is 1. The van der Waals surface area contributed by atoms with E-state index in [4.69, 9.17) is 30.6 Å². The van der Waals surface area contributed by atoms with E-state index in [1.165, 1.54) is 7.11 Å². The second-order valence-electron chi connectivity index (χ2n) is 6.62. The number of halogens is 1. The van der Waals surface area contributed by atoms with E-state index >= 15 is 0 Å². The minimum absolute atomic E-state index is 0.167. The number of hydrogen-bond acceptors (Lipinski definition) is 7. The van der Waals surface area contributed by atoms with Crippen molar-refractivity contribution in [1.29, 1.82) is 0 Å². The van der Waals surface area contributed by atoms with Crippen molar-refractivity contribution in [3.05, 3.63) is 22.7 Å². The Morgan fingerprint density at radius 3 is 2.75 bits per heavy atom. The van der Waals surface area contributed by atoms with Crippen molar-refractivity contribution in [2.75, 3.05) is 53.6 Å². The summed E-state index contributed by atoms with van der Waals surface area (Å²) < 4.78 is 15.9. The number of benzene rings is 1. The minimum atomic E-state index is -0.649. The molecule has 1 aromatic rings. The monoisotopic (exact) mass is 411 g/mol. The molecule has 2 heterocycles. The van der Waals surface area contributed by atoms with Gasteiger partial charge in [-0.05, 0) is 19.0 Å². The molecule has 1 N–H and O–H groups in total. The van der Waals surface area contributed by atoms with Crippen LogP contribution >= 0.6 is 11.6 Å². The third-order valence-electron chi connectivity index (χ3n) is 4.80. The van der Waals surface area contributed by atoms with Crippen LogP contribution in [0, 0.1) is 0 Å². The number of hydrogen-bond donors (Lipinski definition) is 1. The maximum absolute atomic E-state index is 12.4. The van der Waals surface area contributed by atoms with Crippen molar-refractivity contribution in [2.45, 2.75) is 18.9 Å². The van der Waals surface area contributed by atoms with Crippen LogP contribution in [0.4, 0.5) is 0 Å². The molecule has 0 unspecified atom stereocenters. The molecule has 2 aliphatic rings. The highest BCUT2D eigenvalue weighted by Gasteiger charge is 2.30. The first-order valence-corrected chi connectivity index (χ1v) is 9.72. The number of nitrogens with zero attached hydrogens (tertiary/aromatic N) is 2. The molecule has 0 aliphatic carbocycles. The Morgan fingerprint density at radius 2 is 2.04 bits per heavy atom. The molecule has 2 aliphatic heterocycles. The number of amides is 1. The van der Waals surface area contributed by atoms with Crippen LogP contribution in [-0.4, -0.2) is 76.2 Å². The molecule has 0 aromatic heterocycles. The first kappa shape index (κ1) is 20.7. The Bertz CT molecular complexity index is 722. The Balaban J connectivity index is 1.49. The van der Waals surface area contributed by atoms with Gasteiger partial charge in [0.2, 0.25) is 6.10 Å². The second kappa shape index (κ2) is 9.95. The summed E-state index contributed by atoms with van der Waals surface area (Å²) in [6.07, 6.45) is 0.589. The lowest BCUT2D eigenvalue weighted by molar-refractivity contribution is -0.131. The first-order chi connectivity index (χ1) is 13.6. The molecule has 0 bridgehead atoms. The molecule has 8 nitrogen and oxygen atoms in total. The third kappa shape index (κ3) is 5.06. The van der Waals surface area contributed by atoms with Crippen LogP contribution in [-0.2, 0) is 14.4 Å². The Hall–Kier alpha value is -2.03. The lowest BCUT2D eigenvalue weighted by Gasteiger charge is -2.26. The van der Waals surface area contributed by atoms with E-state index in [1.807, 2.05) is 0 Å². The molecule has 154 valence electrons. The Kier molecular flexibility index (Phi) is 7.36. The van der Waals surface area contributed by atoms with Gasteiger partial charge in [-0.15, -0.1) is 0 Å². The van der Waals surface area contributed by atoms with Crippen molar-refractivity contribution in [3.8, 4) is 11.5 Å². The molecule has 1 amide bonds. The van der Waals surface area contributed by atoms with Gasteiger partial charge in [-0.3, -0.25) is 9.69 Å². The van der Waals surface area contributed by atoms with Crippen molar-refractivity contribution < 1.29 is 23.8 Å². The summed E-state index contributed by atoms with van der Waals surface area (Å²) >= 11 is 6.22. The summed E-state index contributed by atoms with van der Waals surface area (Å²) in [5, 5.41) is 7.43. The zero-order valence-electron chi connectivity index (χ0n) is 16.2. The van der Waals surface area contributed by atoms with Gasteiger partial charge >= 0.3 is 0 Å². The normalized spacial score (nSPS) is 19.7. The van der Waals surface area contributed by atoms with E-state index in [9.17, 15) is 4.79 Å². The molecule has 1 atom stereocenters. The average Bonchev–Trinajstić information content (AvgIpc) is 3.22. The summed E-state index contributed by atoms with van der Waals surface area (Å²) in [7, 11) is 3.09. The van der Waals surface area contributed by atoms with Gasteiger partial charge in [0.05, 0.1) is 38.2 Å². The van der Waals surface area contributed by atoms with E-state index in [2.05, 4.69) is 15.4 Å². The summed E-state index contributed by atoms with van der Waals surface area (Å²) in [5.74, 6) is 0.908. The number of carbonyl (C=O) groups is 1. The SMILES string of the molecule is COc1cc(OC)c(C2=NO[C@@H](C(=O)NCCCN3CCOCC3)C2)cc1Cl. The highest BCUT2D eigenvalue weighted by Crippen LogP contribution is 2.34. The fourth-order valence-corrected chi connectivity index (χ4v) is 3.46. The lowest BCUT2D eigenvalue weighted by Crippen LogP contribution is -2.39. The largest absolute Gasteiger partial charge is 0.496 e. The van der Waals surface area contributed by atoms with Crippen LogP contribution in [0.2, 0.25) is 5.02 Å². The molecular weight excluding hydrogens is 386 g/mol. The number of rotatable bonds is 8. The predicted molar refractivity (Wildman–Crippen MR) is 105 cm³/mol. The molecule has 3 rings (SSSR count). The number of carbonyl (C=O) groups excluding carboxylic acids is 1. The van der Waals surface area contributed by atoms with Crippen LogP contribution in [0.5, 0.6) is 11.5 Å². The third-order valence-corrected chi connectivity index (χ3v) is 5.10. The zero-order chi connectivity index (χ0) is 19.9. The fourth-order valence-electron chi connectivity index (χ4n) is 3.22. The second-order valence-corrected chi connectivity index (χ2v) is 7.03. The molecule has 0 saturated carbocycles. The molecule has 9 heteroatoms. The summed E-state index contributed by atoms with van der Waals surface area (Å²) in [6, 6.07) is 3.41. The molecule has 1 fully saturated rings. The van der Waals surface area contributed by atoms with Gasteiger partial charge in [0.25, 0.3) is 5.91 Å². The lowest BCUT2D eigenvalue weighted by atomic mass is 10.0. The minimum Gasteiger partial charge on any atom is -0.496 e. The van der Waals surface area contributed by atoms with Crippen molar-refractivity contribution in [2.24, 2.45) is 5.16 Å². The van der Waals surface area contributed by atoms with Gasteiger partial charge < -0.3 is 24.4 Å². The van der Waals surface area contributed by atoms with Crippen LogP contribution < -0.4 is 14.8 Å². The average molecular weight is 412 g/mol. The smallest absolute Gasteiger partial charge is 0.264 e. The summed E-state index contributed by atoms with van der Waals surface area (Å²) in [5.41, 5.74) is 1.31. The molecular formula is C19H26ClN3O5.